The molecule has 3 heterocycles. The summed E-state index contributed by atoms with van der Waals surface area (Å²) in [6, 6.07) is 7.23. The van der Waals surface area contributed by atoms with Gasteiger partial charge in [0.05, 0.1) is 17.3 Å². The van der Waals surface area contributed by atoms with E-state index < -0.39 is 5.97 Å². The summed E-state index contributed by atoms with van der Waals surface area (Å²) in [6.45, 7) is 2.82. The molecule has 2 aromatic heterocycles. The fourth-order valence-electron chi connectivity index (χ4n) is 3.29. The first kappa shape index (κ1) is 16.9. The molecule has 0 radical (unpaired) electrons. The Morgan fingerprint density at radius 2 is 2.15 bits per heavy atom. The Labute approximate surface area is 154 Å². The summed E-state index contributed by atoms with van der Waals surface area (Å²) in [5, 5.41) is 16.3. The van der Waals surface area contributed by atoms with Crippen LogP contribution in [-0.4, -0.2) is 48.8 Å². The molecule has 1 aromatic carbocycles. The van der Waals surface area contributed by atoms with Gasteiger partial charge in [0.2, 0.25) is 0 Å². The first-order valence-electron chi connectivity index (χ1n) is 8.53. The van der Waals surface area contributed by atoms with Gasteiger partial charge in [0.25, 0.3) is 0 Å². The fourth-order valence-corrected chi connectivity index (χ4v) is 4.11. The van der Waals surface area contributed by atoms with Crippen LogP contribution in [0.25, 0.3) is 10.6 Å². The van der Waals surface area contributed by atoms with Crippen LogP contribution >= 0.6 is 11.3 Å². The molecule has 8 heteroatoms. The highest BCUT2D eigenvalue weighted by molar-refractivity contribution is 7.13. The number of hydrogen-bond acceptors (Lipinski definition) is 6. The highest BCUT2D eigenvalue weighted by Gasteiger charge is 2.22. The van der Waals surface area contributed by atoms with E-state index in [1.165, 1.54) is 0 Å². The molecule has 1 aliphatic heterocycles. The van der Waals surface area contributed by atoms with Gasteiger partial charge in [-0.3, -0.25) is 4.90 Å². The molecule has 0 bridgehead atoms. The molecule has 0 saturated carbocycles. The van der Waals surface area contributed by atoms with Crippen molar-refractivity contribution in [3.8, 4) is 10.6 Å². The summed E-state index contributed by atoms with van der Waals surface area (Å²) in [6.07, 6.45) is 5.63. The van der Waals surface area contributed by atoms with Crippen molar-refractivity contribution in [2.45, 2.75) is 25.4 Å². The summed E-state index contributed by atoms with van der Waals surface area (Å²) < 4.78 is 1.95. The Morgan fingerprint density at radius 3 is 2.88 bits per heavy atom. The van der Waals surface area contributed by atoms with E-state index in [0.29, 0.717) is 6.04 Å². The minimum atomic E-state index is -0.914. The zero-order valence-electron chi connectivity index (χ0n) is 14.2. The molecule has 26 heavy (non-hydrogen) atoms. The molecule has 134 valence electrons. The molecule has 1 aliphatic rings. The van der Waals surface area contributed by atoms with Gasteiger partial charge in [-0.2, -0.15) is 5.10 Å². The van der Waals surface area contributed by atoms with Gasteiger partial charge in [-0.25, -0.2) is 19.4 Å². The Balaban J connectivity index is 1.42. The second kappa shape index (κ2) is 7.35. The number of hydrogen-bond donors (Lipinski definition) is 1. The van der Waals surface area contributed by atoms with E-state index in [0.717, 1.165) is 48.7 Å². The second-order valence-corrected chi connectivity index (χ2v) is 7.29. The molecule has 0 aliphatic carbocycles. The van der Waals surface area contributed by atoms with Gasteiger partial charge in [-0.15, -0.1) is 11.3 Å². The van der Waals surface area contributed by atoms with Gasteiger partial charge in [0.15, 0.2) is 0 Å². The van der Waals surface area contributed by atoms with Crippen molar-refractivity contribution >= 4 is 17.3 Å². The molecular weight excluding hydrogens is 350 g/mol. The number of benzene rings is 1. The van der Waals surface area contributed by atoms with E-state index in [1.54, 1.807) is 36.1 Å². The first-order valence-corrected chi connectivity index (χ1v) is 9.41. The summed E-state index contributed by atoms with van der Waals surface area (Å²) in [7, 11) is 0. The van der Waals surface area contributed by atoms with Crippen molar-refractivity contribution in [1.82, 2.24) is 24.6 Å². The van der Waals surface area contributed by atoms with E-state index in [9.17, 15) is 4.79 Å². The van der Waals surface area contributed by atoms with Crippen LogP contribution in [-0.2, 0) is 6.54 Å². The lowest BCUT2D eigenvalue weighted by atomic mass is 10.1. The minimum Gasteiger partial charge on any atom is -0.478 e. The number of carbonyl (C=O) groups is 1. The predicted molar refractivity (Wildman–Crippen MR) is 98.1 cm³/mol. The normalized spacial score (nSPS) is 18.1. The van der Waals surface area contributed by atoms with Gasteiger partial charge >= 0.3 is 5.97 Å². The molecule has 3 aromatic rings. The molecule has 1 fully saturated rings. The van der Waals surface area contributed by atoms with Gasteiger partial charge in [0, 0.05) is 24.0 Å². The topological polar surface area (TPSA) is 84.1 Å². The van der Waals surface area contributed by atoms with E-state index in [2.05, 4.69) is 20.4 Å². The Bertz CT molecular complexity index is 875. The Morgan fingerprint density at radius 1 is 1.31 bits per heavy atom. The third-order valence-corrected chi connectivity index (χ3v) is 5.55. The third kappa shape index (κ3) is 3.66. The SMILES string of the molecule is O=C(O)c1ccc(-c2nc(CN3CCCC(n4cncn4)C3)cs2)cc1. The number of piperidine rings is 1. The van der Waals surface area contributed by atoms with E-state index in [-0.39, 0.29) is 5.56 Å². The molecule has 0 amide bonds. The lowest BCUT2D eigenvalue weighted by molar-refractivity contribution is 0.0697. The summed E-state index contributed by atoms with van der Waals surface area (Å²) in [5.74, 6) is -0.914. The van der Waals surface area contributed by atoms with Gasteiger partial charge in [-0.05, 0) is 31.5 Å². The first-order chi connectivity index (χ1) is 12.7. The molecule has 1 saturated heterocycles. The largest absolute Gasteiger partial charge is 0.478 e. The molecule has 0 spiro atoms. The standard InChI is InChI=1S/C18H19N5O2S/c24-18(25)14-5-3-13(4-6-14)17-21-15(10-26-17)8-22-7-1-2-16(9-22)23-12-19-11-20-23/h3-6,10-12,16H,1-2,7-9H2,(H,24,25). The molecule has 4 rings (SSSR count). The van der Waals surface area contributed by atoms with Gasteiger partial charge in [-0.1, -0.05) is 12.1 Å². The van der Waals surface area contributed by atoms with Crippen molar-refractivity contribution in [2.75, 3.05) is 13.1 Å². The van der Waals surface area contributed by atoms with Crippen LogP contribution < -0.4 is 0 Å². The highest BCUT2D eigenvalue weighted by atomic mass is 32.1. The summed E-state index contributed by atoms with van der Waals surface area (Å²) in [4.78, 5) is 22.1. The number of carboxylic acids is 1. The van der Waals surface area contributed by atoms with Crippen LogP contribution in [0, 0.1) is 0 Å². The zero-order chi connectivity index (χ0) is 17.9. The average Bonchev–Trinajstić information content (AvgIpc) is 3.34. The highest BCUT2D eigenvalue weighted by Crippen LogP contribution is 2.26. The van der Waals surface area contributed by atoms with E-state index >= 15 is 0 Å². The number of nitrogens with zero attached hydrogens (tertiary/aromatic N) is 5. The van der Waals surface area contributed by atoms with Gasteiger partial charge in [0.1, 0.15) is 17.7 Å². The maximum Gasteiger partial charge on any atom is 0.335 e. The molecule has 1 N–H and O–H groups in total. The van der Waals surface area contributed by atoms with Crippen molar-refractivity contribution in [2.24, 2.45) is 0 Å². The Hall–Kier alpha value is -2.58. The third-order valence-electron chi connectivity index (χ3n) is 4.61. The second-order valence-electron chi connectivity index (χ2n) is 6.43. The van der Waals surface area contributed by atoms with Crippen molar-refractivity contribution < 1.29 is 9.90 Å². The fraction of sp³-hybridized carbons (Fsp3) is 0.333. The van der Waals surface area contributed by atoms with Crippen molar-refractivity contribution in [3.05, 3.63) is 53.6 Å². The van der Waals surface area contributed by atoms with Gasteiger partial charge < -0.3 is 5.11 Å². The van der Waals surface area contributed by atoms with Crippen LogP contribution in [0.15, 0.2) is 42.3 Å². The Kier molecular flexibility index (Phi) is 4.77. The zero-order valence-corrected chi connectivity index (χ0v) is 15.0. The molecule has 1 unspecified atom stereocenters. The number of likely N-dealkylation sites (tertiary alicyclic amines) is 1. The number of carboxylic acid groups (broad SMARTS) is 1. The summed E-state index contributed by atoms with van der Waals surface area (Å²) >= 11 is 1.59. The number of aromatic nitrogens is 4. The quantitative estimate of drug-likeness (QED) is 0.744. The lowest BCUT2D eigenvalue weighted by Gasteiger charge is -2.32. The van der Waals surface area contributed by atoms with Crippen LogP contribution in [0.5, 0.6) is 0 Å². The number of rotatable bonds is 5. The van der Waals surface area contributed by atoms with Crippen LogP contribution in [0.1, 0.15) is 34.9 Å². The lowest BCUT2D eigenvalue weighted by Crippen LogP contribution is -2.36. The monoisotopic (exact) mass is 369 g/mol. The van der Waals surface area contributed by atoms with Crippen molar-refractivity contribution in [1.29, 1.82) is 0 Å². The number of aromatic carboxylic acids is 1. The molecule has 1 atom stereocenters. The number of thiazole rings is 1. The molecular formula is C18H19N5O2S. The smallest absolute Gasteiger partial charge is 0.335 e. The van der Waals surface area contributed by atoms with Crippen molar-refractivity contribution in [3.63, 3.8) is 0 Å². The average molecular weight is 369 g/mol. The van der Waals surface area contributed by atoms with Crippen LogP contribution in [0.3, 0.4) is 0 Å². The van der Waals surface area contributed by atoms with Crippen LogP contribution in [0.2, 0.25) is 0 Å². The van der Waals surface area contributed by atoms with Crippen LogP contribution in [0.4, 0.5) is 0 Å². The van der Waals surface area contributed by atoms with E-state index in [4.69, 9.17) is 10.1 Å². The molecule has 7 nitrogen and oxygen atoms in total. The minimum absolute atomic E-state index is 0.290. The maximum absolute atomic E-state index is 11.0. The van der Waals surface area contributed by atoms with E-state index in [1.807, 2.05) is 16.8 Å². The predicted octanol–water partition coefficient (Wildman–Crippen LogP) is 2.94. The summed E-state index contributed by atoms with van der Waals surface area (Å²) in [5.41, 5.74) is 2.29. The maximum atomic E-state index is 11.0.